The van der Waals surface area contributed by atoms with Crippen LogP contribution in [0.4, 0.5) is 5.69 Å². The Morgan fingerprint density at radius 3 is 2.12 bits per heavy atom. The number of carbonyl (C=O) groups excluding carboxylic acids is 2. The third-order valence-electron chi connectivity index (χ3n) is 4.96. The standard InChI is InChI=1S/C27H23N3O3S/c1-2-33-27(32)22-12-14-23(15-13-22)28-25(31)18-34-26-17-16-24(29-30-26)21-10-8-20(9-11-21)19-6-4-3-5-7-19/h3-17H,2,18H2,1H3,(H,28,31). The van der Waals surface area contributed by atoms with Gasteiger partial charge in [0, 0.05) is 11.3 Å². The number of ether oxygens (including phenoxy) is 1. The van der Waals surface area contributed by atoms with Crippen molar-refractivity contribution in [3.8, 4) is 22.4 Å². The summed E-state index contributed by atoms with van der Waals surface area (Å²) in [4.78, 5) is 24.0. The van der Waals surface area contributed by atoms with Gasteiger partial charge in [0.1, 0.15) is 5.03 Å². The molecule has 0 atom stereocenters. The lowest BCUT2D eigenvalue weighted by atomic mass is 10.0. The maximum Gasteiger partial charge on any atom is 0.338 e. The Hall–Kier alpha value is -3.97. The first-order valence-corrected chi connectivity index (χ1v) is 11.8. The lowest BCUT2D eigenvalue weighted by molar-refractivity contribution is -0.113. The van der Waals surface area contributed by atoms with Gasteiger partial charge in [0.2, 0.25) is 5.91 Å². The van der Waals surface area contributed by atoms with Gasteiger partial charge in [0.05, 0.1) is 23.6 Å². The van der Waals surface area contributed by atoms with Crippen LogP contribution < -0.4 is 5.32 Å². The predicted octanol–water partition coefficient (Wildman–Crippen LogP) is 5.72. The fraction of sp³-hybridized carbons (Fsp3) is 0.111. The quantitative estimate of drug-likeness (QED) is 0.263. The molecule has 3 aromatic carbocycles. The topological polar surface area (TPSA) is 81.2 Å². The summed E-state index contributed by atoms with van der Waals surface area (Å²) >= 11 is 1.31. The number of hydrogen-bond donors (Lipinski definition) is 1. The van der Waals surface area contributed by atoms with Crippen LogP contribution in [0.2, 0.25) is 0 Å². The lowest BCUT2D eigenvalue weighted by Crippen LogP contribution is -2.14. The zero-order chi connectivity index (χ0) is 23.8. The molecule has 0 aliphatic carbocycles. The van der Waals surface area contributed by atoms with Gasteiger partial charge in [-0.2, -0.15) is 0 Å². The minimum Gasteiger partial charge on any atom is -0.462 e. The summed E-state index contributed by atoms with van der Waals surface area (Å²) in [5, 5.41) is 12.0. The van der Waals surface area contributed by atoms with Crippen LogP contribution in [0.25, 0.3) is 22.4 Å². The van der Waals surface area contributed by atoms with Crippen LogP contribution in [-0.2, 0) is 9.53 Å². The van der Waals surface area contributed by atoms with Crippen molar-refractivity contribution in [2.75, 3.05) is 17.7 Å². The van der Waals surface area contributed by atoms with E-state index in [1.54, 1.807) is 31.2 Å². The summed E-state index contributed by atoms with van der Waals surface area (Å²) < 4.78 is 4.95. The average Bonchev–Trinajstić information content (AvgIpc) is 2.89. The van der Waals surface area contributed by atoms with Gasteiger partial charge in [-0.05, 0) is 54.4 Å². The van der Waals surface area contributed by atoms with Crippen molar-refractivity contribution in [2.24, 2.45) is 0 Å². The van der Waals surface area contributed by atoms with E-state index in [0.717, 1.165) is 16.8 Å². The summed E-state index contributed by atoms with van der Waals surface area (Å²) in [5.74, 6) is -0.360. The second-order valence-electron chi connectivity index (χ2n) is 7.33. The second-order valence-corrected chi connectivity index (χ2v) is 8.33. The van der Waals surface area contributed by atoms with Gasteiger partial charge < -0.3 is 10.1 Å². The molecule has 4 aromatic rings. The van der Waals surface area contributed by atoms with Crippen LogP contribution in [0.15, 0.2) is 96.0 Å². The van der Waals surface area contributed by atoms with Crippen molar-refractivity contribution < 1.29 is 14.3 Å². The van der Waals surface area contributed by atoms with E-state index in [1.165, 1.54) is 17.3 Å². The molecule has 0 saturated heterocycles. The summed E-state index contributed by atoms with van der Waals surface area (Å²) in [6.07, 6.45) is 0. The van der Waals surface area contributed by atoms with Crippen LogP contribution in [0, 0.1) is 0 Å². The average molecular weight is 470 g/mol. The molecule has 7 heteroatoms. The van der Waals surface area contributed by atoms with E-state index in [9.17, 15) is 9.59 Å². The number of esters is 1. The van der Waals surface area contributed by atoms with E-state index in [0.29, 0.717) is 22.9 Å². The van der Waals surface area contributed by atoms with Crippen LogP contribution in [0.3, 0.4) is 0 Å². The fourth-order valence-corrected chi connectivity index (χ4v) is 3.87. The van der Waals surface area contributed by atoms with Crippen molar-refractivity contribution in [1.29, 1.82) is 0 Å². The molecule has 170 valence electrons. The highest BCUT2D eigenvalue weighted by molar-refractivity contribution is 7.99. The number of aromatic nitrogens is 2. The Bertz CT molecular complexity index is 1240. The Morgan fingerprint density at radius 1 is 0.794 bits per heavy atom. The molecular weight excluding hydrogens is 446 g/mol. The van der Waals surface area contributed by atoms with Gasteiger partial charge in [-0.3, -0.25) is 4.79 Å². The number of thioether (sulfide) groups is 1. The summed E-state index contributed by atoms with van der Waals surface area (Å²) in [5.41, 5.74) is 5.12. The van der Waals surface area contributed by atoms with Crippen molar-refractivity contribution in [2.45, 2.75) is 11.9 Å². The zero-order valence-corrected chi connectivity index (χ0v) is 19.4. The molecule has 1 heterocycles. The Morgan fingerprint density at radius 2 is 1.47 bits per heavy atom. The number of rotatable bonds is 8. The highest BCUT2D eigenvalue weighted by Gasteiger charge is 2.09. The highest BCUT2D eigenvalue weighted by atomic mass is 32.2. The lowest BCUT2D eigenvalue weighted by Gasteiger charge is -2.07. The number of nitrogens with zero attached hydrogens (tertiary/aromatic N) is 2. The molecule has 0 bridgehead atoms. The number of benzene rings is 3. The maximum absolute atomic E-state index is 12.3. The Kier molecular flexibility index (Phi) is 7.67. The predicted molar refractivity (Wildman–Crippen MR) is 135 cm³/mol. The van der Waals surface area contributed by atoms with Crippen LogP contribution in [0.1, 0.15) is 17.3 Å². The third-order valence-corrected chi connectivity index (χ3v) is 5.88. The molecule has 0 spiro atoms. The zero-order valence-electron chi connectivity index (χ0n) is 18.6. The maximum atomic E-state index is 12.3. The first-order chi connectivity index (χ1) is 16.6. The molecule has 0 unspecified atom stereocenters. The molecule has 4 rings (SSSR count). The van der Waals surface area contributed by atoms with Gasteiger partial charge in [-0.1, -0.05) is 66.4 Å². The summed E-state index contributed by atoms with van der Waals surface area (Å²) in [6, 6.07) is 28.7. The number of amides is 1. The van der Waals surface area contributed by atoms with E-state index >= 15 is 0 Å². The number of anilines is 1. The van der Waals surface area contributed by atoms with Gasteiger partial charge in [-0.15, -0.1) is 10.2 Å². The minimum absolute atomic E-state index is 0.170. The molecule has 1 amide bonds. The van der Waals surface area contributed by atoms with Crippen molar-refractivity contribution >= 4 is 29.3 Å². The van der Waals surface area contributed by atoms with Crippen LogP contribution in [-0.4, -0.2) is 34.4 Å². The molecule has 0 saturated carbocycles. The van der Waals surface area contributed by atoms with Crippen molar-refractivity contribution in [3.63, 3.8) is 0 Å². The second kappa shape index (κ2) is 11.2. The molecule has 6 nitrogen and oxygen atoms in total. The smallest absolute Gasteiger partial charge is 0.338 e. The first kappa shape index (κ1) is 23.2. The molecule has 34 heavy (non-hydrogen) atoms. The monoisotopic (exact) mass is 469 g/mol. The minimum atomic E-state index is -0.384. The normalized spacial score (nSPS) is 10.5. The van der Waals surface area contributed by atoms with Gasteiger partial charge in [0.25, 0.3) is 0 Å². The van der Waals surface area contributed by atoms with E-state index in [2.05, 4.69) is 39.8 Å². The van der Waals surface area contributed by atoms with Crippen LogP contribution >= 0.6 is 11.8 Å². The van der Waals surface area contributed by atoms with Gasteiger partial charge in [0.15, 0.2) is 0 Å². The summed E-state index contributed by atoms with van der Waals surface area (Å²) in [6.45, 7) is 2.07. The van der Waals surface area contributed by atoms with E-state index in [-0.39, 0.29) is 17.6 Å². The molecule has 1 aromatic heterocycles. The Labute approximate surface area is 202 Å². The SMILES string of the molecule is CCOC(=O)c1ccc(NC(=O)CSc2ccc(-c3ccc(-c4ccccc4)cc3)nn2)cc1. The number of carbonyl (C=O) groups is 2. The molecular formula is C27H23N3O3S. The molecule has 0 fully saturated rings. The number of hydrogen-bond acceptors (Lipinski definition) is 6. The third kappa shape index (κ3) is 6.08. The largest absolute Gasteiger partial charge is 0.462 e. The fourth-order valence-electron chi connectivity index (χ4n) is 3.26. The van der Waals surface area contributed by atoms with Gasteiger partial charge >= 0.3 is 5.97 Å². The summed E-state index contributed by atoms with van der Waals surface area (Å²) in [7, 11) is 0. The van der Waals surface area contributed by atoms with Gasteiger partial charge in [-0.25, -0.2) is 4.79 Å². The first-order valence-electron chi connectivity index (χ1n) is 10.8. The van der Waals surface area contributed by atoms with Crippen molar-refractivity contribution in [3.05, 3.63) is 96.6 Å². The van der Waals surface area contributed by atoms with E-state index in [1.807, 2.05) is 42.5 Å². The van der Waals surface area contributed by atoms with Crippen LogP contribution in [0.5, 0.6) is 0 Å². The Balaban J connectivity index is 1.30. The molecule has 0 aliphatic heterocycles. The highest BCUT2D eigenvalue weighted by Crippen LogP contribution is 2.24. The molecule has 0 radical (unpaired) electrons. The van der Waals surface area contributed by atoms with E-state index < -0.39 is 0 Å². The van der Waals surface area contributed by atoms with Crippen molar-refractivity contribution in [1.82, 2.24) is 10.2 Å². The molecule has 1 N–H and O–H groups in total. The molecule has 0 aliphatic rings. The van der Waals surface area contributed by atoms with E-state index in [4.69, 9.17) is 4.74 Å². The number of nitrogens with one attached hydrogen (secondary N) is 1.